The van der Waals surface area contributed by atoms with Gasteiger partial charge in [-0.05, 0) is 59.8 Å². The minimum absolute atomic E-state index is 0.0534. The highest BCUT2D eigenvalue weighted by Gasteiger charge is 2.52. The number of carbonyl (C=O) groups excluding carboxylic acids is 1. The first-order valence-corrected chi connectivity index (χ1v) is 11.0. The largest absolute Gasteiger partial charge is 0.498 e. The topological polar surface area (TPSA) is 114 Å². The van der Waals surface area contributed by atoms with Gasteiger partial charge in [0.2, 0.25) is 0 Å². The van der Waals surface area contributed by atoms with E-state index in [2.05, 4.69) is 9.97 Å². The number of hydrogen-bond donors (Lipinski definition) is 2. The first-order valence-electron chi connectivity index (χ1n) is 11.0. The third-order valence-electron chi connectivity index (χ3n) is 6.45. The molecule has 3 heterocycles. The Kier molecular flexibility index (Phi) is 7.57. The van der Waals surface area contributed by atoms with Crippen molar-refractivity contribution in [1.29, 1.82) is 0 Å². The molecule has 9 nitrogen and oxygen atoms in total. The molecule has 0 aliphatic carbocycles. The van der Waals surface area contributed by atoms with Crippen LogP contribution in [0.5, 0.6) is 6.01 Å². The second-order valence-corrected chi connectivity index (χ2v) is 9.26. The van der Waals surface area contributed by atoms with E-state index < -0.39 is 36.9 Å². The van der Waals surface area contributed by atoms with Crippen LogP contribution in [-0.4, -0.2) is 81.2 Å². The smallest absolute Gasteiger partial charge is 0.463 e. The maximum atomic E-state index is 12.3. The third-order valence-corrected chi connectivity index (χ3v) is 6.45. The van der Waals surface area contributed by atoms with E-state index in [1.165, 1.54) is 0 Å². The average molecular weight is 435 g/mol. The van der Waals surface area contributed by atoms with Crippen LogP contribution in [0.4, 0.5) is 0 Å². The van der Waals surface area contributed by atoms with Crippen molar-refractivity contribution in [3.8, 4) is 6.01 Å². The summed E-state index contributed by atoms with van der Waals surface area (Å²) in [6, 6.07) is 0.338. The molecule has 0 bridgehead atoms. The van der Waals surface area contributed by atoms with Gasteiger partial charge in [-0.3, -0.25) is 4.79 Å². The number of aromatic nitrogens is 2. The highest BCUT2D eigenvalue weighted by Crippen LogP contribution is 2.36. The molecule has 0 aromatic carbocycles. The molecule has 1 aromatic rings. The van der Waals surface area contributed by atoms with Gasteiger partial charge in [-0.2, -0.15) is 0 Å². The van der Waals surface area contributed by atoms with Gasteiger partial charge in [-0.15, -0.1) is 0 Å². The van der Waals surface area contributed by atoms with E-state index in [1.807, 2.05) is 27.7 Å². The summed E-state index contributed by atoms with van der Waals surface area (Å²) in [7, 11) is -0.511. The van der Waals surface area contributed by atoms with Gasteiger partial charge >= 0.3 is 13.1 Å². The van der Waals surface area contributed by atoms with Crippen LogP contribution in [0.3, 0.4) is 0 Å². The Morgan fingerprint density at radius 3 is 2.52 bits per heavy atom. The summed E-state index contributed by atoms with van der Waals surface area (Å²) in [6.45, 7) is 8.48. The van der Waals surface area contributed by atoms with Crippen LogP contribution in [0.15, 0.2) is 12.4 Å². The van der Waals surface area contributed by atoms with E-state index in [4.69, 9.17) is 19.2 Å². The van der Waals surface area contributed by atoms with E-state index in [0.717, 1.165) is 37.6 Å². The van der Waals surface area contributed by atoms with Crippen LogP contribution in [0.1, 0.15) is 59.8 Å². The SMILES string of the molecule is CC1(C)OB(c2cnc(OCCC[C@H]3CCCCN3C(=O)[C@@H](O)CO)nc2)OC1(C)C. The number of likely N-dealkylation sites (tertiary alicyclic amines) is 1. The van der Waals surface area contributed by atoms with E-state index in [1.54, 1.807) is 17.3 Å². The third kappa shape index (κ3) is 5.55. The molecule has 0 unspecified atom stereocenters. The molecule has 2 aliphatic heterocycles. The quantitative estimate of drug-likeness (QED) is 0.453. The maximum absolute atomic E-state index is 12.3. The lowest BCUT2D eigenvalue weighted by molar-refractivity contribution is -0.146. The van der Waals surface area contributed by atoms with Gasteiger partial charge in [0, 0.05) is 30.4 Å². The summed E-state index contributed by atoms with van der Waals surface area (Å²) < 4.78 is 17.7. The van der Waals surface area contributed by atoms with Gasteiger partial charge in [0.25, 0.3) is 5.91 Å². The number of aliphatic hydroxyl groups excluding tert-OH is 2. The monoisotopic (exact) mass is 435 g/mol. The molecule has 2 N–H and O–H groups in total. The Bertz CT molecular complexity index is 729. The minimum atomic E-state index is -1.34. The molecule has 1 amide bonds. The first-order chi connectivity index (χ1) is 14.6. The van der Waals surface area contributed by atoms with Crippen molar-refractivity contribution in [2.45, 2.75) is 83.1 Å². The van der Waals surface area contributed by atoms with Crippen LogP contribution >= 0.6 is 0 Å². The Morgan fingerprint density at radius 1 is 1.26 bits per heavy atom. The standard InChI is InChI=1S/C21H34BN3O6/c1-20(2)21(3,4)31-22(30-20)15-12-23-19(24-13-15)29-11-7-9-16-8-5-6-10-25(16)18(28)17(27)14-26/h12-13,16-17,26-27H,5-11,14H2,1-4H3/t16-,17+/m1/s1. The Morgan fingerprint density at radius 2 is 1.90 bits per heavy atom. The predicted molar refractivity (Wildman–Crippen MR) is 115 cm³/mol. The zero-order valence-electron chi connectivity index (χ0n) is 18.9. The molecule has 2 atom stereocenters. The van der Waals surface area contributed by atoms with Gasteiger partial charge < -0.3 is 29.2 Å². The molecular formula is C21H34BN3O6. The van der Waals surface area contributed by atoms with Crippen LogP contribution in [-0.2, 0) is 14.1 Å². The first kappa shape index (κ1) is 23.9. The number of amides is 1. The fourth-order valence-corrected chi connectivity index (χ4v) is 3.84. The zero-order valence-corrected chi connectivity index (χ0v) is 18.9. The van der Waals surface area contributed by atoms with Crippen molar-refractivity contribution in [2.75, 3.05) is 19.8 Å². The van der Waals surface area contributed by atoms with Crippen molar-refractivity contribution in [2.24, 2.45) is 0 Å². The molecule has 0 spiro atoms. The summed E-state index contributed by atoms with van der Waals surface area (Å²) in [6.07, 6.45) is 6.32. The van der Waals surface area contributed by atoms with E-state index in [-0.39, 0.29) is 12.1 Å². The molecule has 2 fully saturated rings. The maximum Gasteiger partial charge on any atom is 0.498 e. The van der Waals surface area contributed by atoms with Gasteiger partial charge in [-0.1, -0.05) is 0 Å². The molecule has 3 rings (SSSR count). The average Bonchev–Trinajstić information content (AvgIpc) is 2.97. The number of ether oxygens (including phenoxy) is 1. The highest BCUT2D eigenvalue weighted by atomic mass is 16.7. The molecule has 1 aromatic heterocycles. The Balaban J connectivity index is 1.46. The molecule has 10 heteroatoms. The number of rotatable bonds is 8. The second kappa shape index (κ2) is 9.81. The van der Waals surface area contributed by atoms with Crippen LogP contribution in [0.2, 0.25) is 0 Å². The molecule has 2 aliphatic rings. The number of piperidine rings is 1. The van der Waals surface area contributed by atoms with Crippen molar-refractivity contribution >= 4 is 18.5 Å². The van der Waals surface area contributed by atoms with Crippen molar-refractivity contribution in [1.82, 2.24) is 14.9 Å². The summed E-state index contributed by atoms with van der Waals surface area (Å²) >= 11 is 0. The number of aliphatic hydroxyl groups is 2. The highest BCUT2D eigenvalue weighted by molar-refractivity contribution is 6.61. The van der Waals surface area contributed by atoms with E-state index in [0.29, 0.717) is 13.2 Å². The number of nitrogens with zero attached hydrogens (tertiary/aromatic N) is 3. The molecule has 0 saturated carbocycles. The van der Waals surface area contributed by atoms with Gasteiger partial charge in [0.1, 0.15) is 0 Å². The lowest BCUT2D eigenvalue weighted by Gasteiger charge is -2.36. The van der Waals surface area contributed by atoms with Crippen molar-refractivity contribution < 1.29 is 29.1 Å². The summed E-state index contributed by atoms with van der Waals surface area (Å²) in [5, 5.41) is 18.7. The van der Waals surface area contributed by atoms with Crippen LogP contribution < -0.4 is 10.2 Å². The Labute approximate surface area is 184 Å². The molecule has 0 radical (unpaired) electrons. The molecular weight excluding hydrogens is 401 g/mol. The van der Waals surface area contributed by atoms with Crippen molar-refractivity contribution in [3.05, 3.63) is 12.4 Å². The van der Waals surface area contributed by atoms with Crippen LogP contribution in [0, 0.1) is 0 Å². The number of hydrogen-bond acceptors (Lipinski definition) is 8. The fraction of sp³-hybridized carbons (Fsp3) is 0.762. The normalized spacial score (nSPS) is 23.6. The lowest BCUT2D eigenvalue weighted by atomic mass is 9.81. The lowest BCUT2D eigenvalue weighted by Crippen LogP contribution is -2.49. The minimum Gasteiger partial charge on any atom is -0.463 e. The summed E-state index contributed by atoms with van der Waals surface area (Å²) in [5.74, 6) is -0.394. The van der Waals surface area contributed by atoms with Gasteiger partial charge in [0.15, 0.2) is 6.10 Å². The Hall–Kier alpha value is -1.75. The molecule has 172 valence electrons. The molecule has 31 heavy (non-hydrogen) atoms. The van der Waals surface area contributed by atoms with Crippen LogP contribution in [0.25, 0.3) is 0 Å². The van der Waals surface area contributed by atoms with Gasteiger partial charge in [0.05, 0.1) is 24.4 Å². The number of carbonyl (C=O) groups is 1. The predicted octanol–water partition coefficient (Wildman–Crippen LogP) is 0.669. The van der Waals surface area contributed by atoms with Gasteiger partial charge in [-0.25, -0.2) is 9.97 Å². The van der Waals surface area contributed by atoms with E-state index in [9.17, 15) is 9.90 Å². The fourth-order valence-electron chi connectivity index (χ4n) is 3.84. The summed E-state index contributed by atoms with van der Waals surface area (Å²) in [4.78, 5) is 22.5. The van der Waals surface area contributed by atoms with E-state index >= 15 is 0 Å². The molecule has 2 saturated heterocycles. The second-order valence-electron chi connectivity index (χ2n) is 9.26. The zero-order chi connectivity index (χ0) is 22.6. The summed E-state index contributed by atoms with van der Waals surface area (Å²) in [5.41, 5.74) is -0.104. The van der Waals surface area contributed by atoms with Crippen molar-refractivity contribution in [3.63, 3.8) is 0 Å².